The summed E-state index contributed by atoms with van der Waals surface area (Å²) in [7, 11) is 0. The van der Waals surface area contributed by atoms with E-state index in [1.807, 2.05) is 39.1 Å². The van der Waals surface area contributed by atoms with Crippen LogP contribution in [0.1, 0.15) is 46.5 Å². The maximum Gasteiger partial charge on any atom is 0.407 e. The number of anilines is 1. The molecule has 2 aromatic heterocycles. The van der Waals surface area contributed by atoms with Crippen LogP contribution in [0.25, 0.3) is 11.4 Å². The second-order valence-electron chi connectivity index (χ2n) is 9.24. The van der Waals surface area contributed by atoms with E-state index >= 15 is 0 Å². The smallest absolute Gasteiger partial charge is 0.407 e. The van der Waals surface area contributed by atoms with Gasteiger partial charge in [-0.3, -0.25) is 9.55 Å². The van der Waals surface area contributed by atoms with Gasteiger partial charge in [0.1, 0.15) is 5.60 Å². The van der Waals surface area contributed by atoms with E-state index in [1.54, 1.807) is 6.20 Å². The van der Waals surface area contributed by atoms with Crippen LogP contribution in [0.3, 0.4) is 0 Å². The van der Waals surface area contributed by atoms with Crippen LogP contribution in [0.15, 0.2) is 24.5 Å². The number of carbonyl (C=O) groups is 1. The SMILES string of the molecule is CC(C)(C)OC(=O)N[C@H]1CCN(c2nnc(-c3cccnc3)n2CC2CCCCO2)C1. The number of hydrogen-bond acceptors (Lipinski definition) is 7. The predicted molar refractivity (Wildman–Crippen MR) is 117 cm³/mol. The minimum absolute atomic E-state index is 0.00720. The second kappa shape index (κ2) is 9.21. The molecule has 2 saturated heterocycles. The summed E-state index contributed by atoms with van der Waals surface area (Å²) >= 11 is 0. The zero-order valence-electron chi connectivity index (χ0n) is 18.6. The van der Waals surface area contributed by atoms with Crippen LogP contribution in [-0.4, -0.2) is 63.3 Å². The highest BCUT2D eigenvalue weighted by atomic mass is 16.6. The van der Waals surface area contributed by atoms with E-state index in [9.17, 15) is 4.79 Å². The summed E-state index contributed by atoms with van der Waals surface area (Å²) in [5.74, 6) is 1.60. The molecule has 2 atom stereocenters. The summed E-state index contributed by atoms with van der Waals surface area (Å²) in [4.78, 5) is 18.6. The Morgan fingerprint density at radius 3 is 2.87 bits per heavy atom. The molecule has 2 fully saturated rings. The molecule has 1 N–H and O–H groups in total. The minimum atomic E-state index is -0.513. The van der Waals surface area contributed by atoms with Crippen molar-refractivity contribution in [2.45, 2.75) is 70.7 Å². The van der Waals surface area contributed by atoms with Crippen molar-refractivity contribution in [3.8, 4) is 11.4 Å². The fraction of sp³-hybridized carbons (Fsp3) is 0.636. The van der Waals surface area contributed by atoms with Gasteiger partial charge in [0, 0.05) is 37.7 Å². The molecular formula is C22H32N6O3. The molecule has 0 radical (unpaired) electrons. The van der Waals surface area contributed by atoms with Crippen molar-refractivity contribution in [3.63, 3.8) is 0 Å². The van der Waals surface area contributed by atoms with Gasteiger partial charge in [-0.25, -0.2) is 4.79 Å². The molecule has 0 aromatic carbocycles. The molecule has 0 saturated carbocycles. The van der Waals surface area contributed by atoms with E-state index in [2.05, 4.69) is 30.0 Å². The van der Waals surface area contributed by atoms with Crippen LogP contribution in [0.4, 0.5) is 10.7 Å². The van der Waals surface area contributed by atoms with Gasteiger partial charge in [0.2, 0.25) is 5.95 Å². The van der Waals surface area contributed by atoms with Gasteiger partial charge in [-0.1, -0.05) is 0 Å². The highest BCUT2D eigenvalue weighted by Gasteiger charge is 2.30. The standard InChI is InChI=1S/C22H32N6O3/c1-22(2,3)31-21(29)24-17-9-11-27(14-17)20-26-25-19(16-7-6-10-23-13-16)28(20)15-18-8-4-5-12-30-18/h6-7,10,13,17-18H,4-5,8-9,11-12,14-15H2,1-3H3,(H,24,29)/t17-,18?/m0/s1. The van der Waals surface area contributed by atoms with Crippen LogP contribution in [-0.2, 0) is 16.0 Å². The fourth-order valence-corrected chi connectivity index (χ4v) is 4.09. The highest BCUT2D eigenvalue weighted by molar-refractivity contribution is 5.68. The largest absolute Gasteiger partial charge is 0.444 e. The molecule has 4 rings (SSSR count). The van der Waals surface area contributed by atoms with E-state index < -0.39 is 5.60 Å². The summed E-state index contributed by atoms with van der Waals surface area (Å²) in [5, 5.41) is 12.0. The molecule has 2 aliphatic heterocycles. The summed E-state index contributed by atoms with van der Waals surface area (Å²) in [6, 6.07) is 3.91. The third kappa shape index (κ3) is 5.52. The second-order valence-corrected chi connectivity index (χ2v) is 9.24. The van der Waals surface area contributed by atoms with E-state index in [1.165, 1.54) is 6.42 Å². The van der Waals surface area contributed by atoms with Crippen molar-refractivity contribution in [1.29, 1.82) is 0 Å². The Morgan fingerprint density at radius 2 is 2.16 bits per heavy atom. The van der Waals surface area contributed by atoms with Crippen molar-refractivity contribution >= 4 is 12.0 Å². The van der Waals surface area contributed by atoms with Crippen LogP contribution in [0.5, 0.6) is 0 Å². The molecule has 2 aromatic rings. The molecular weight excluding hydrogens is 396 g/mol. The number of nitrogens with zero attached hydrogens (tertiary/aromatic N) is 5. The Bertz CT molecular complexity index is 873. The molecule has 4 heterocycles. The number of alkyl carbamates (subject to hydrolysis) is 1. The van der Waals surface area contributed by atoms with Gasteiger partial charge >= 0.3 is 6.09 Å². The van der Waals surface area contributed by atoms with E-state index in [0.717, 1.165) is 49.8 Å². The molecule has 168 valence electrons. The number of aromatic nitrogens is 4. The average Bonchev–Trinajstić information content (AvgIpc) is 3.35. The number of amides is 1. The zero-order chi connectivity index (χ0) is 21.8. The lowest BCUT2D eigenvalue weighted by Gasteiger charge is -2.26. The molecule has 31 heavy (non-hydrogen) atoms. The van der Waals surface area contributed by atoms with Crippen LogP contribution in [0.2, 0.25) is 0 Å². The number of pyridine rings is 1. The molecule has 1 unspecified atom stereocenters. The molecule has 0 bridgehead atoms. The number of nitrogens with one attached hydrogen (secondary N) is 1. The Morgan fingerprint density at radius 1 is 1.29 bits per heavy atom. The van der Waals surface area contributed by atoms with Gasteiger partial charge in [-0.15, -0.1) is 10.2 Å². The first-order chi connectivity index (χ1) is 14.9. The Kier molecular flexibility index (Phi) is 6.41. The van der Waals surface area contributed by atoms with Crippen molar-refractivity contribution in [2.24, 2.45) is 0 Å². The van der Waals surface area contributed by atoms with E-state index in [4.69, 9.17) is 9.47 Å². The first-order valence-corrected chi connectivity index (χ1v) is 11.1. The van der Waals surface area contributed by atoms with Gasteiger partial charge in [-0.2, -0.15) is 0 Å². The first kappa shape index (κ1) is 21.5. The lowest BCUT2D eigenvalue weighted by atomic mass is 10.1. The maximum absolute atomic E-state index is 12.2. The van der Waals surface area contributed by atoms with Gasteiger partial charge in [0.15, 0.2) is 5.82 Å². The summed E-state index contributed by atoms with van der Waals surface area (Å²) < 4.78 is 13.5. The summed E-state index contributed by atoms with van der Waals surface area (Å²) in [5.41, 5.74) is 0.418. The minimum Gasteiger partial charge on any atom is -0.444 e. The van der Waals surface area contributed by atoms with Crippen molar-refractivity contribution < 1.29 is 14.3 Å². The van der Waals surface area contributed by atoms with Gasteiger partial charge in [0.25, 0.3) is 0 Å². The van der Waals surface area contributed by atoms with E-state index in [-0.39, 0.29) is 18.2 Å². The molecule has 2 aliphatic rings. The van der Waals surface area contributed by atoms with Gasteiger partial charge in [-0.05, 0) is 58.6 Å². The number of hydrogen-bond donors (Lipinski definition) is 1. The lowest BCUT2D eigenvalue weighted by molar-refractivity contribution is 0.00639. The summed E-state index contributed by atoms with van der Waals surface area (Å²) in [6.45, 7) is 8.55. The molecule has 9 heteroatoms. The zero-order valence-corrected chi connectivity index (χ0v) is 18.6. The highest BCUT2D eigenvalue weighted by Crippen LogP contribution is 2.27. The van der Waals surface area contributed by atoms with Gasteiger partial charge in [0.05, 0.1) is 18.7 Å². The van der Waals surface area contributed by atoms with Gasteiger partial charge < -0.3 is 19.7 Å². The number of carbonyl (C=O) groups excluding carboxylic acids is 1. The maximum atomic E-state index is 12.2. The van der Waals surface area contributed by atoms with Crippen molar-refractivity contribution in [3.05, 3.63) is 24.5 Å². The number of ether oxygens (including phenoxy) is 2. The number of rotatable bonds is 5. The van der Waals surface area contributed by atoms with Crippen molar-refractivity contribution in [1.82, 2.24) is 25.1 Å². The molecule has 1 amide bonds. The third-order valence-electron chi connectivity index (χ3n) is 5.50. The Labute approximate surface area is 183 Å². The summed E-state index contributed by atoms with van der Waals surface area (Å²) in [6.07, 6.45) is 7.48. The Balaban J connectivity index is 1.51. The molecule has 0 spiro atoms. The predicted octanol–water partition coefficient (Wildman–Crippen LogP) is 3.01. The monoisotopic (exact) mass is 428 g/mol. The molecule has 0 aliphatic carbocycles. The normalized spacial score (nSPS) is 21.8. The van der Waals surface area contributed by atoms with Crippen LogP contribution < -0.4 is 10.2 Å². The van der Waals surface area contributed by atoms with E-state index in [0.29, 0.717) is 13.1 Å². The lowest BCUT2D eigenvalue weighted by Crippen LogP contribution is -2.40. The molecule has 9 nitrogen and oxygen atoms in total. The quantitative estimate of drug-likeness (QED) is 0.782. The third-order valence-corrected chi connectivity index (χ3v) is 5.50. The van der Waals surface area contributed by atoms with Crippen LogP contribution >= 0.6 is 0 Å². The Hall–Kier alpha value is -2.68. The van der Waals surface area contributed by atoms with Crippen LogP contribution in [0, 0.1) is 0 Å². The van der Waals surface area contributed by atoms with Crippen molar-refractivity contribution in [2.75, 3.05) is 24.6 Å². The average molecular weight is 429 g/mol. The fourth-order valence-electron chi connectivity index (χ4n) is 4.09. The topological polar surface area (TPSA) is 94.4 Å². The first-order valence-electron chi connectivity index (χ1n) is 11.1.